The number of nitrogens with zero attached hydrogens (tertiary/aromatic N) is 3. The van der Waals surface area contributed by atoms with E-state index < -0.39 is 20.7 Å². The summed E-state index contributed by atoms with van der Waals surface area (Å²) in [5.74, 6) is 0.912. The van der Waals surface area contributed by atoms with Crippen molar-refractivity contribution in [1.29, 1.82) is 0 Å². The van der Waals surface area contributed by atoms with Gasteiger partial charge in [-0.05, 0) is 69.9 Å². The van der Waals surface area contributed by atoms with Crippen LogP contribution in [0, 0.1) is 5.82 Å². The van der Waals surface area contributed by atoms with Crippen LogP contribution < -0.4 is 14.4 Å². The Morgan fingerprint density at radius 2 is 1.82 bits per heavy atom. The van der Waals surface area contributed by atoms with Crippen molar-refractivity contribution in [2.75, 3.05) is 31.1 Å². The van der Waals surface area contributed by atoms with Crippen LogP contribution in [0.4, 0.5) is 10.2 Å². The van der Waals surface area contributed by atoms with Crippen LogP contribution in [0.2, 0.25) is 5.02 Å². The number of nitrogens with one attached hydrogen (secondary N) is 1. The molecule has 0 atom stereocenters. The molecule has 10 heteroatoms. The lowest BCUT2D eigenvalue weighted by atomic mass is 9.90. The van der Waals surface area contributed by atoms with Gasteiger partial charge in [-0.3, -0.25) is 4.90 Å². The molecule has 1 aliphatic carbocycles. The van der Waals surface area contributed by atoms with Crippen molar-refractivity contribution in [3.63, 3.8) is 0 Å². The lowest BCUT2D eigenvalue weighted by Gasteiger charge is -2.42. The Kier molecular flexibility index (Phi) is 7.97. The van der Waals surface area contributed by atoms with Crippen molar-refractivity contribution in [2.24, 2.45) is 0 Å². The number of aromatic nitrogens is 1. The Morgan fingerprint density at radius 1 is 1.12 bits per heavy atom. The van der Waals surface area contributed by atoms with E-state index in [1.165, 1.54) is 6.07 Å². The summed E-state index contributed by atoms with van der Waals surface area (Å²) < 4.78 is 48.0. The van der Waals surface area contributed by atoms with Crippen LogP contribution >= 0.6 is 11.6 Å². The zero-order valence-corrected chi connectivity index (χ0v) is 21.2. The molecule has 0 amide bonds. The lowest BCUT2D eigenvalue weighted by Crippen LogP contribution is -2.52. The first kappa shape index (κ1) is 25.2. The molecule has 0 radical (unpaired) electrons. The van der Waals surface area contributed by atoms with E-state index in [-0.39, 0.29) is 17.2 Å². The molecule has 1 saturated heterocycles. The largest absolute Gasteiger partial charge is 0.487 e. The molecule has 0 bridgehead atoms. The second-order valence-corrected chi connectivity index (χ2v) is 11.3. The maximum absolute atomic E-state index is 14.1. The molecule has 1 aliphatic heterocycles. The van der Waals surface area contributed by atoms with Gasteiger partial charge in [0.15, 0.2) is 11.6 Å². The standard InChI is InChI=1S/C24H32ClFN4O3S/c1-17(2)33-22-4-3-11-27-24(22)30-14-12-29(13-15-30)20-8-6-19(7-9-20)28-34(31,32)23-16-18(25)5-10-21(23)26/h3-5,10-11,16-17,19-20,28H,6-9,12-15H2,1-2H3. The number of ether oxygens (including phenoxy) is 1. The summed E-state index contributed by atoms with van der Waals surface area (Å²) in [5, 5.41) is 0.193. The van der Waals surface area contributed by atoms with Crippen LogP contribution in [-0.4, -0.2) is 62.7 Å². The Morgan fingerprint density at radius 3 is 2.50 bits per heavy atom. The molecule has 1 aromatic heterocycles. The highest BCUT2D eigenvalue weighted by molar-refractivity contribution is 7.89. The van der Waals surface area contributed by atoms with Gasteiger partial charge in [0.1, 0.15) is 10.7 Å². The number of hydrogen-bond donors (Lipinski definition) is 1. The van der Waals surface area contributed by atoms with Gasteiger partial charge in [-0.15, -0.1) is 0 Å². The van der Waals surface area contributed by atoms with Gasteiger partial charge < -0.3 is 9.64 Å². The van der Waals surface area contributed by atoms with Gasteiger partial charge >= 0.3 is 0 Å². The van der Waals surface area contributed by atoms with Gasteiger partial charge in [0.05, 0.1) is 6.10 Å². The molecular weight excluding hydrogens is 479 g/mol. The monoisotopic (exact) mass is 510 g/mol. The highest BCUT2D eigenvalue weighted by Crippen LogP contribution is 2.30. The maximum Gasteiger partial charge on any atom is 0.243 e. The second-order valence-electron chi connectivity index (χ2n) is 9.22. The van der Waals surface area contributed by atoms with E-state index in [0.29, 0.717) is 6.04 Å². The average molecular weight is 511 g/mol. The van der Waals surface area contributed by atoms with E-state index in [9.17, 15) is 12.8 Å². The summed E-state index contributed by atoms with van der Waals surface area (Å²) in [6.07, 6.45) is 5.13. The first-order valence-corrected chi connectivity index (χ1v) is 13.7. The average Bonchev–Trinajstić information content (AvgIpc) is 2.81. The number of sulfonamides is 1. The molecule has 4 rings (SSSR count). The second kappa shape index (κ2) is 10.8. The van der Waals surface area contributed by atoms with Crippen molar-refractivity contribution < 1.29 is 17.5 Å². The van der Waals surface area contributed by atoms with E-state index >= 15 is 0 Å². The number of piperazine rings is 1. The summed E-state index contributed by atoms with van der Waals surface area (Å²) >= 11 is 5.87. The fourth-order valence-electron chi connectivity index (χ4n) is 4.79. The summed E-state index contributed by atoms with van der Waals surface area (Å²) in [5.41, 5.74) is 0. The van der Waals surface area contributed by atoms with Gasteiger partial charge in [-0.1, -0.05) is 11.6 Å². The molecule has 2 aliphatic rings. The summed E-state index contributed by atoms with van der Waals surface area (Å²) in [4.78, 5) is 8.92. The molecule has 2 heterocycles. The van der Waals surface area contributed by atoms with Crippen LogP contribution in [0.5, 0.6) is 5.75 Å². The molecule has 1 N–H and O–H groups in total. The lowest BCUT2D eigenvalue weighted by molar-refractivity contribution is 0.139. The number of hydrogen-bond acceptors (Lipinski definition) is 6. The van der Waals surface area contributed by atoms with E-state index in [2.05, 4.69) is 19.5 Å². The quantitative estimate of drug-likeness (QED) is 0.605. The third-order valence-electron chi connectivity index (χ3n) is 6.45. The van der Waals surface area contributed by atoms with Crippen molar-refractivity contribution in [3.05, 3.63) is 47.4 Å². The fourth-order valence-corrected chi connectivity index (χ4v) is 6.43. The third kappa shape index (κ3) is 6.00. The van der Waals surface area contributed by atoms with Crippen molar-refractivity contribution in [1.82, 2.24) is 14.6 Å². The minimum absolute atomic E-state index is 0.0900. The molecule has 0 spiro atoms. The van der Waals surface area contributed by atoms with Crippen molar-refractivity contribution >= 4 is 27.4 Å². The molecular formula is C24H32ClFN4O3S. The first-order chi connectivity index (χ1) is 16.2. The normalized spacial score (nSPS) is 22.2. The fraction of sp³-hybridized carbons (Fsp3) is 0.542. The Hall–Kier alpha value is -1.94. The van der Waals surface area contributed by atoms with Crippen molar-refractivity contribution in [3.8, 4) is 5.75 Å². The maximum atomic E-state index is 14.1. The van der Waals surface area contributed by atoms with Crippen LogP contribution in [-0.2, 0) is 10.0 Å². The number of anilines is 1. The minimum atomic E-state index is -3.95. The molecule has 1 aromatic carbocycles. The topological polar surface area (TPSA) is 74.8 Å². The van der Waals surface area contributed by atoms with Gasteiger partial charge in [0.25, 0.3) is 0 Å². The zero-order valence-electron chi connectivity index (χ0n) is 19.6. The van der Waals surface area contributed by atoms with Gasteiger partial charge in [0, 0.05) is 49.5 Å². The van der Waals surface area contributed by atoms with Crippen LogP contribution in [0.15, 0.2) is 41.4 Å². The van der Waals surface area contributed by atoms with E-state index in [1.54, 1.807) is 6.20 Å². The van der Waals surface area contributed by atoms with Gasteiger partial charge in [-0.25, -0.2) is 22.5 Å². The van der Waals surface area contributed by atoms with Crippen LogP contribution in [0.3, 0.4) is 0 Å². The van der Waals surface area contributed by atoms with Crippen LogP contribution in [0.25, 0.3) is 0 Å². The zero-order chi connectivity index (χ0) is 24.3. The van der Waals surface area contributed by atoms with Gasteiger partial charge in [-0.2, -0.15) is 0 Å². The predicted octanol–water partition coefficient (Wildman–Crippen LogP) is 4.07. The molecule has 2 fully saturated rings. The highest BCUT2D eigenvalue weighted by Gasteiger charge is 2.32. The number of benzene rings is 1. The third-order valence-corrected chi connectivity index (χ3v) is 8.22. The molecule has 0 unspecified atom stereocenters. The van der Waals surface area contributed by atoms with Crippen molar-refractivity contribution in [2.45, 2.75) is 62.6 Å². The molecule has 2 aromatic rings. The van der Waals surface area contributed by atoms with E-state index in [1.807, 2.05) is 26.0 Å². The number of rotatable bonds is 7. The Labute approximate surface area is 206 Å². The summed E-state index contributed by atoms with van der Waals surface area (Å²) in [6, 6.07) is 7.65. The molecule has 186 valence electrons. The highest BCUT2D eigenvalue weighted by atomic mass is 35.5. The Balaban J connectivity index is 1.29. The molecule has 1 saturated carbocycles. The SMILES string of the molecule is CC(C)Oc1cccnc1N1CCN(C2CCC(NS(=O)(=O)c3cc(Cl)ccc3F)CC2)CC1. The minimum Gasteiger partial charge on any atom is -0.487 e. The predicted molar refractivity (Wildman–Crippen MR) is 132 cm³/mol. The smallest absolute Gasteiger partial charge is 0.243 e. The Bertz CT molecular complexity index is 1090. The van der Waals surface area contributed by atoms with E-state index in [0.717, 1.165) is 75.6 Å². The summed E-state index contributed by atoms with van der Waals surface area (Å²) in [6.45, 7) is 7.60. The van der Waals surface area contributed by atoms with E-state index in [4.69, 9.17) is 16.3 Å². The van der Waals surface area contributed by atoms with Crippen LogP contribution in [0.1, 0.15) is 39.5 Å². The molecule has 7 nitrogen and oxygen atoms in total. The number of pyridine rings is 1. The first-order valence-electron chi connectivity index (χ1n) is 11.8. The summed E-state index contributed by atoms with van der Waals surface area (Å²) in [7, 11) is -3.95. The number of halogens is 2. The molecule has 34 heavy (non-hydrogen) atoms. The van der Waals surface area contributed by atoms with Gasteiger partial charge in [0.2, 0.25) is 10.0 Å².